The molecule has 0 aliphatic rings. The molecule has 0 saturated heterocycles. The van der Waals surface area contributed by atoms with Crippen molar-refractivity contribution in [2.24, 2.45) is 0 Å². The van der Waals surface area contributed by atoms with Crippen LogP contribution >= 0.6 is 15.9 Å². The number of amides is 1. The first-order chi connectivity index (χ1) is 9.66. The van der Waals surface area contributed by atoms with Crippen LogP contribution in [0.5, 0.6) is 0 Å². The van der Waals surface area contributed by atoms with Crippen LogP contribution in [-0.2, 0) is 0 Å². The van der Waals surface area contributed by atoms with Gasteiger partial charge in [0.1, 0.15) is 0 Å². The summed E-state index contributed by atoms with van der Waals surface area (Å²) in [7, 11) is 0. The van der Waals surface area contributed by atoms with Crippen molar-refractivity contribution in [1.29, 1.82) is 0 Å². The Morgan fingerprint density at radius 1 is 1.35 bits per heavy atom. The number of hydrogen-bond donors (Lipinski definition) is 1. The first kappa shape index (κ1) is 12.8. The van der Waals surface area contributed by atoms with Crippen LogP contribution in [0.3, 0.4) is 0 Å². The molecule has 0 fully saturated rings. The maximum atomic E-state index is 12.3. The fourth-order valence-corrected chi connectivity index (χ4v) is 2.31. The molecule has 2 heterocycles. The molecule has 0 saturated carbocycles. The monoisotopic (exact) mass is 330 g/mol. The number of nitrogens with zero attached hydrogens (tertiary/aromatic N) is 3. The molecule has 0 atom stereocenters. The van der Waals surface area contributed by atoms with Crippen LogP contribution in [-0.4, -0.2) is 20.5 Å². The molecule has 3 aromatic rings. The van der Waals surface area contributed by atoms with Crippen molar-refractivity contribution in [3.63, 3.8) is 0 Å². The van der Waals surface area contributed by atoms with Gasteiger partial charge in [0.05, 0.1) is 29.2 Å². The zero-order valence-corrected chi connectivity index (χ0v) is 12.3. The summed E-state index contributed by atoms with van der Waals surface area (Å²) in [5.41, 5.74) is 2.96. The lowest BCUT2D eigenvalue weighted by Gasteiger charge is -2.08. The van der Waals surface area contributed by atoms with E-state index in [-0.39, 0.29) is 5.91 Å². The van der Waals surface area contributed by atoms with E-state index in [1.165, 1.54) is 6.20 Å². The third-order valence-corrected chi connectivity index (χ3v) is 4.06. The largest absolute Gasteiger partial charge is 0.321 e. The smallest absolute Gasteiger partial charge is 0.259 e. The van der Waals surface area contributed by atoms with Crippen LogP contribution in [0.1, 0.15) is 15.9 Å². The highest BCUT2D eigenvalue weighted by Gasteiger charge is 2.14. The number of rotatable bonds is 2. The predicted molar refractivity (Wildman–Crippen MR) is 79.8 cm³/mol. The van der Waals surface area contributed by atoms with Gasteiger partial charge in [-0.15, -0.1) is 0 Å². The van der Waals surface area contributed by atoms with Crippen LogP contribution in [0.4, 0.5) is 5.69 Å². The molecular formula is C14H11BrN4O. The fourth-order valence-electron chi connectivity index (χ4n) is 1.94. The Balaban J connectivity index is 1.95. The van der Waals surface area contributed by atoms with Crippen LogP contribution in [0.15, 0.2) is 47.5 Å². The molecule has 100 valence electrons. The number of fused-ring (bicyclic) bond motifs is 1. The van der Waals surface area contributed by atoms with Crippen LogP contribution in [0.25, 0.3) is 5.52 Å². The predicted octanol–water partition coefficient (Wildman–Crippen LogP) is 3.05. The number of aryl methyl sites for hydroxylation is 1. The number of anilines is 1. The van der Waals surface area contributed by atoms with E-state index in [2.05, 4.69) is 31.3 Å². The zero-order chi connectivity index (χ0) is 14.1. The van der Waals surface area contributed by atoms with E-state index in [0.29, 0.717) is 11.1 Å². The summed E-state index contributed by atoms with van der Waals surface area (Å²) in [6.07, 6.45) is 6.48. The van der Waals surface area contributed by atoms with Crippen molar-refractivity contribution in [3.05, 3.63) is 58.6 Å². The van der Waals surface area contributed by atoms with E-state index in [9.17, 15) is 4.79 Å². The van der Waals surface area contributed by atoms with Crippen molar-refractivity contribution in [2.45, 2.75) is 6.92 Å². The number of benzene rings is 1. The maximum Gasteiger partial charge on any atom is 0.259 e. The van der Waals surface area contributed by atoms with Crippen molar-refractivity contribution in [3.8, 4) is 0 Å². The highest BCUT2D eigenvalue weighted by molar-refractivity contribution is 9.10. The zero-order valence-electron chi connectivity index (χ0n) is 10.7. The van der Waals surface area contributed by atoms with Gasteiger partial charge >= 0.3 is 0 Å². The lowest BCUT2D eigenvalue weighted by Crippen LogP contribution is -2.12. The van der Waals surface area contributed by atoms with Gasteiger partial charge in [-0.25, -0.2) is 4.52 Å². The quantitative estimate of drug-likeness (QED) is 0.785. The summed E-state index contributed by atoms with van der Waals surface area (Å²) < 4.78 is 2.50. The summed E-state index contributed by atoms with van der Waals surface area (Å²) in [6, 6.07) is 5.71. The van der Waals surface area contributed by atoms with Gasteiger partial charge in [-0.2, -0.15) is 5.10 Å². The van der Waals surface area contributed by atoms with Gasteiger partial charge in [0.25, 0.3) is 5.91 Å². The van der Waals surface area contributed by atoms with E-state index < -0.39 is 0 Å². The molecule has 0 bridgehead atoms. The van der Waals surface area contributed by atoms with Gasteiger partial charge < -0.3 is 5.32 Å². The van der Waals surface area contributed by atoms with E-state index >= 15 is 0 Å². The second-order valence-electron chi connectivity index (χ2n) is 4.35. The lowest BCUT2D eigenvalue weighted by atomic mass is 10.2. The minimum absolute atomic E-state index is 0.209. The van der Waals surface area contributed by atoms with Gasteiger partial charge in [0.15, 0.2) is 0 Å². The SMILES string of the molecule is Cc1cccc(NC(=O)c2cnn3ccncc23)c1Br. The van der Waals surface area contributed by atoms with Gasteiger partial charge in [-0.3, -0.25) is 9.78 Å². The molecule has 0 spiro atoms. The molecule has 6 heteroatoms. The van der Waals surface area contributed by atoms with Gasteiger partial charge in [-0.05, 0) is 34.5 Å². The topological polar surface area (TPSA) is 59.3 Å². The Morgan fingerprint density at radius 3 is 3.05 bits per heavy atom. The summed E-state index contributed by atoms with van der Waals surface area (Å²) in [5, 5.41) is 7.00. The van der Waals surface area contributed by atoms with E-state index in [0.717, 1.165) is 15.7 Å². The standard InChI is InChI=1S/C14H11BrN4O/c1-9-3-2-4-11(13(9)15)18-14(20)10-7-17-19-6-5-16-8-12(10)19/h2-8H,1H3,(H,18,20). The Hall–Kier alpha value is -2.21. The summed E-state index contributed by atoms with van der Waals surface area (Å²) >= 11 is 3.47. The average molecular weight is 331 g/mol. The third-order valence-electron chi connectivity index (χ3n) is 3.01. The Kier molecular flexibility index (Phi) is 3.23. The molecule has 1 amide bonds. The number of aromatic nitrogens is 3. The second kappa shape index (κ2) is 5.05. The summed E-state index contributed by atoms with van der Waals surface area (Å²) in [5.74, 6) is -0.209. The molecule has 0 radical (unpaired) electrons. The number of carbonyl (C=O) groups excluding carboxylic acids is 1. The summed E-state index contributed by atoms with van der Waals surface area (Å²) in [6.45, 7) is 1.97. The van der Waals surface area contributed by atoms with Crippen molar-refractivity contribution in [2.75, 3.05) is 5.32 Å². The van der Waals surface area contributed by atoms with Gasteiger partial charge in [0, 0.05) is 16.9 Å². The van der Waals surface area contributed by atoms with Gasteiger partial charge in [-0.1, -0.05) is 12.1 Å². The highest BCUT2D eigenvalue weighted by Crippen LogP contribution is 2.26. The van der Waals surface area contributed by atoms with E-state index in [1.54, 1.807) is 23.1 Å². The number of halogens is 1. The average Bonchev–Trinajstić information content (AvgIpc) is 2.88. The molecule has 1 aromatic carbocycles. The van der Waals surface area contributed by atoms with Crippen LogP contribution < -0.4 is 5.32 Å². The van der Waals surface area contributed by atoms with Crippen LogP contribution in [0, 0.1) is 6.92 Å². The third kappa shape index (κ3) is 2.18. The Bertz CT molecular complexity index is 797. The molecule has 20 heavy (non-hydrogen) atoms. The molecular weight excluding hydrogens is 320 g/mol. The minimum Gasteiger partial charge on any atom is -0.321 e. The Labute approximate surface area is 123 Å². The first-order valence-corrected chi connectivity index (χ1v) is 6.80. The normalized spacial score (nSPS) is 10.7. The fraction of sp³-hybridized carbons (Fsp3) is 0.0714. The lowest BCUT2D eigenvalue weighted by molar-refractivity contribution is 0.102. The number of carbonyl (C=O) groups is 1. The molecule has 2 aromatic heterocycles. The minimum atomic E-state index is -0.209. The van der Waals surface area contributed by atoms with Crippen molar-refractivity contribution < 1.29 is 4.79 Å². The molecule has 0 unspecified atom stereocenters. The molecule has 1 N–H and O–H groups in total. The van der Waals surface area contributed by atoms with Crippen molar-refractivity contribution >= 4 is 33.0 Å². The second-order valence-corrected chi connectivity index (χ2v) is 5.15. The van der Waals surface area contributed by atoms with Gasteiger partial charge in [0.2, 0.25) is 0 Å². The maximum absolute atomic E-state index is 12.3. The number of nitrogens with one attached hydrogen (secondary N) is 1. The Morgan fingerprint density at radius 2 is 2.20 bits per heavy atom. The molecule has 3 rings (SSSR count). The van der Waals surface area contributed by atoms with E-state index in [1.807, 2.05) is 25.1 Å². The molecule has 0 aliphatic heterocycles. The summed E-state index contributed by atoms with van der Waals surface area (Å²) in [4.78, 5) is 16.4. The van der Waals surface area contributed by atoms with Crippen LogP contribution in [0.2, 0.25) is 0 Å². The molecule has 5 nitrogen and oxygen atoms in total. The number of hydrogen-bond acceptors (Lipinski definition) is 3. The highest BCUT2D eigenvalue weighted by atomic mass is 79.9. The van der Waals surface area contributed by atoms with E-state index in [4.69, 9.17) is 0 Å². The first-order valence-electron chi connectivity index (χ1n) is 6.00. The van der Waals surface area contributed by atoms with Crippen molar-refractivity contribution in [1.82, 2.24) is 14.6 Å². The molecule has 0 aliphatic carbocycles.